The minimum Gasteiger partial charge on any atom is -0.249 e. The molecule has 0 saturated carbocycles. The van der Waals surface area contributed by atoms with Gasteiger partial charge in [0.1, 0.15) is 6.17 Å². The van der Waals surface area contributed by atoms with Crippen molar-refractivity contribution in [2.45, 2.75) is 29.3 Å². The van der Waals surface area contributed by atoms with Crippen LogP contribution < -0.4 is 0 Å². The first kappa shape index (κ1) is 18.1. The predicted molar refractivity (Wildman–Crippen MR) is 104 cm³/mol. The van der Waals surface area contributed by atoms with Crippen molar-refractivity contribution < 1.29 is 8.60 Å². The maximum Gasteiger partial charge on any atom is 0.137 e. The molecule has 3 heteroatoms. The van der Waals surface area contributed by atoms with E-state index in [1.807, 2.05) is 61.5 Å². The van der Waals surface area contributed by atoms with E-state index >= 15 is 0 Å². The van der Waals surface area contributed by atoms with Crippen molar-refractivity contribution in [3.05, 3.63) is 95.6 Å². The van der Waals surface area contributed by atoms with Crippen LogP contribution in [0.4, 0.5) is 4.39 Å². The third-order valence-electron chi connectivity index (χ3n) is 3.98. The first-order valence-corrected chi connectivity index (χ1v) is 9.55. The Bertz CT molecular complexity index is 953. The highest BCUT2D eigenvalue weighted by Crippen LogP contribution is 2.29. The molecule has 0 radical (unpaired) electrons. The van der Waals surface area contributed by atoms with Crippen LogP contribution in [0.5, 0.6) is 0 Å². The Labute approximate surface area is 156 Å². The Balaban J connectivity index is 1.81. The van der Waals surface area contributed by atoms with Gasteiger partial charge in [-0.3, -0.25) is 0 Å². The summed E-state index contributed by atoms with van der Waals surface area (Å²) in [4.78, 5) is 1.18. The second-order valence-corrected chi connectivity index (χ2v) is 7.41. The quantitative estimate of drug-likeness (QED) is 0.551. The molecular formula is C23H19FOS. The molecule has 1 nitrogen and oxygen atoms in total. The van der Waals surface area contributed by atoms with Crippen LogP contribution in [0, 0.1) is 18.8 Å². The lowest BCUT2D eigenvalue weighted by Gasteiger charge is -2.12. The third kappa shape index (κ3) is 4.47. The standard InChI is InChI=1S/C23H19FOS/c1-18-14-16-20(17-15-18)26(25)23-13-6-5-11-21(23)22(24)12-7-10-19-8-3-2-4-9-19/h2-6,8-9,11,13-17,22H,12H2,1H3/t22-,26?/m0/s1. The molecule has 3 aromatic carbocycles. The van der Waals surface area contributed by atoms with Crippen LogP contribution in [0.25, 0.3) is 0 Å². The summed E-state index contributed by atoms with van der Waals surface area (Å²) >= 11 is 0. The number of rotatable bonds is 4. The Morgan fingerprint density at radius 2 is 1.58 bits per heavy atom. The van der Waals surface area contributed by atoms with Crippen LogP contribution in [0.3, 0.4) is 0 Å². The van der Waals surface area contributed by atoms with Gasteiger partial charge in [-0.2, -0.15) is 0 Å². The van der Waals surface area contributed by atoms with E-state index in [1.165, 1.54) is 0 Å². The van der Waals surface area contributed by atoms with Crippen LogP contribution in [0.2, 0.25) is 0 Å². The monoisotopic (exact) mass is 362 g/mol. The molecule has 0 aliphatic carbocycles. The molecule has 0 spiro atoms. The molecule has 3 aromatic rings. The lowest BCUT2D eigenvalue weighted by atomic mass is 10.1. The molecule has 0 saturated heterocycles. The fraction of sp³-hybridized carbons (Fsp3) is 0.130. The summed E-state index contributed by atoms with van der Waals surface area (Å²) < 4.78 is 27.7. The fourth-order valence-corrected chi connectivity index (χ4v) is 3.82. The van der Waals surface area contributed by atoms with Crippen molar-refractivity contribution in [1.29, 1.82) is 0 Å². The highest BCUT2D eigenvalue weighted by Gasteiger charge is 2.18. The van der Waals surface area contributed by atoms with Crippen LogP contribution in [0.15, 0.2) is 88.7 Å². The summed E-state index contributed by atoms with van der Waals surface area (Å²) in [5.41, 5.74) is 2.39. The lowest BCUT2D eigenvalue weighted by Crippen LogP contribution is -2.01. The zero-order valence-electron chi connectivity index (χ0n) is 14.5. The average molecular weight is 362 g/mol. The first-order chi connectivity index (χ1) is 12.6. The van der Waals surface area contributed by atoms with Gasteiger partial charge in [0, 0.05) is 27.3 Å². The molecule has 0 N–H and O–H groups in total. The van der Waals surface area contributed by atoms with E-state index in [-0.39, 0.29) is 6.42 Å². The summed E-state index contributed by atoms with van der Waals surface area (Å²) in [6.45, 7) is 1.98. The Morgan fingerprint density at radius 1 is 0.923 bits per heavy atom. The summed E-state index contributed by atoms with van der Waals surface area (Å²) in [6, 6.07) is 23.9. The normalized spacial score (nSPS) is 12.7. The summed E-state index contributed by atoms with van der Waals surface area (Å²) in [5.74, 6) is 5.86. The summed E-state index contributed by atoms with van der Waals surface area (Å²) in [6.07, 6.45) is -1.21. The lowest BCUT2D eigenvalue weighted by molar-refractivity contribution is 0.346. The van der Waals surface area contributed by atoms with Crippen LogP contribution >= 0.6 is 0 Å². The van der Waals surface area contributed by atoms with Crippen LogP contribution in [-0.2, 0) is 10.8 Å². The van der Waals surface area contributed by atoms with Crippen molar-refractivity contribution in [3.8, 4) is 11.8 Å². The summed E-state index contributed by atoms with van der Waals surface area (Å²) in [5, 5.41) is 0. The number of benzene rings is 3. The van der Waals surface area contributed by atoms with E-state index in [0.717, 1.165) is 11.1 Å². The molecular weight excluding hydrogens is 343 g/mol. The van der Waals surface area contributed by atoms with Gasteiger partial charge in [0.15, 0.2) is 0 Å². The van der Waals surface area contributed by atoms with E-state index < -0.39 is 17.0 Å². The van der Waals surface area contributed by atoms with Gasteiger partial charge in [0.25, 0.3) is 0 Å². The predicted octanol–water partition coefficient (Wildman–Crippen LogP) is 5.61. The van der Waals surface area contributed by atoms with Crippen LogP contribution in [0.1, 0.15) is 29.3 Å². The van der Waals surface area contributed by atoms with E-state index in [2.05, 4.69) is 11.8 Å². The molecule has 0 bridgehead atoms. The minimum absolute atomic E-state index is 0.0665. The fourth-order valence-electron chi connectivity index (χ4n) is 2.57. The number of hydrogen-bond donors (Lipinski definition) is 0. The molecule has 26 heavy (non-hydrogen) atoms. The van der Waals surface area contributed by atoms with Gasteiger partial charge in [-0.1, -0.05) is 65.9 Å². The van der Waals surface area contributed by atoms with Crippen molar-refractivity contribution >= 4 is 10.8 Å². The first-order valence-electron chi connectivity index (χ1n) is 8.40. The summed E-state index contributed by atoms with van der Waals surface area (Å²) in [7, 11) is -1.42. The molecule has 130 valence electrons. The van der Waals surface area contributed by atoms with Gasteiger partial charge in [-0.25, -0.2) is 8.60 Å². The molecule has 0 fully saturated rings. The molecule has 0 aliphatic heterocycles. The van der Waals surface area contributed by atoms with E-state index in [1.54, 1.807) is 24.3 Å². The van der Waals surface area contributed by atoms with E-state index in [9.17, 15) is 8.60 Å². The zero-order valence-corrected chi connectivity index (χ0v) is 15.3. The van der Waals surface area contributed by atoms with E-state index in [0.29, 0.717) is 15.4 Å². The maximum absolute atomic E-state index is 14.8. The topological polar surface area (TPSA) is 17.1 Å². The minimum atomic E-state index is -1.42. The molecule has 3 rings (SSSR count). The van der Waals surface area contributed by atoms with Gasteiger partial charge >= 0.3 is 0 Å². The smallest absolute Gasteiger partial charge is 0.137 e. The van der Waals surface area contributed by atoms with Gasteiger partial charge in [-0.05, 0) is 37.3 Å². The molecule has 0 aliphatic rings. The Morgan fingerprint density at radius 3 is 2.31 bits per heavy atom. The third-order valence-corrected chi connectivity index (χ3v) is 5.45. The van der Waals surface area contributed by atoms with Crippen molar-refractivity contribution in [2.75, 3.05) is 0 Å². The Hall–Kier alpha value is -2.70. The highest BCUT2D eigenvalue weighted by atomic mass is 32.2. The average Bonchev–Trinajstić information content (AvgIpc) is 2.69. The second-order valence-electron chi connectivity index (χ2n) is 5.96. The molecule has 0 aromatic heterocycles. The van der Waals surface area contributed by atoms with Gasteiger partial charge in [0.2, 0.25) is 0 Å². The second kappa shape index (κ2) is 8.60. The van der Waals surface area contributed by atoms with Gasteiger partial charge in [-0.15, -0.1) is 0 Å². The van der Waals surface area contributed by atoms with Crippen molar-refractivity contribution in [1.82, 2.24) is 0 Å². The zero-order chi connectivity index (χ0) is 18.4. The number of alkyl halides is 1. The Kier molecular flexibility index (Phi) is 5.99. The maximum atomic E-state index is 14.8. The molecule has 2 atom stereocenters. The van der Waals surface area contributed by atoms with Crippen LogP contribution in [-0.4, -0.2) is 4.21 Å². The number of aryl methyl sites for hydroxylation is 1. The SMILES string of the molecule is Cc1ccc(S(=O)c2ccccc2[C@@H](F)CC#Cc2ccccc2)cc1. The van der Waals surface area contributed by atoms with Crippen molar-refractivity contribution in [3.63, 3.8) is 0 Å². The molecule has 0 heterocycles. The van der Waals surface area contributed by atoms with Gasteiger partial charge < -0.3 is 0 Å². The van der Waals surface area contributed by atoms with E-state index in [4.69, 9.17) is 0 Å². The van der Waals surface area contributed by atoms with Gasteiger partial charge in [0.05, 0.1) is 10.8 Å². The number of hydrogen-bond acceptors (Lipinski definition) is 1. The molecule has 0 amide bonds. The highest BCUT2D eigenvalue weighted by molar-refractivity contribution is 7.85. The molecule has 1 unspecified atom stereocenters. The van der Waals surface area contributed by atoms with Crippen molar-refractivity contribution in [2.24, 2.45) is 0 Å². The largest absolute Gasteiger partial charge is 0.249 e. The number of halogens is 1.